The highest BCUT2D eigenvalue weighted by Gasteiger charge is 2.28. The SMILES string of the molecule is CCC(O)(CO)n1cnc2c(=O)[nH]c(N)nc21. The minimum Gasteiger partial charge on any atom is -0.391 e. The van der Waals surface area contributed by atoms with Gasteiger partial charge in [0.25, 0.3) is 5.56 Å². The molecule has 17 heavy (non-hydrogen) atoms. The lowest BCUT2D eigenvalue weighted by molar-refractivity contribution is -0.0818. The van der Waals surface area contributed by atoms with Crippen LogP contribution in [-0.2, 0) is 5.72 Å². The van der Waals surface area contributed by atoms with Crippen molar-refractivity contribution in [3.63, 3.8) is 0 Å². The number of rotatable bonds is 3. The molecule has 1 unspecified atom stereocenters. The highest BCUT2D eigenvalue weighted by Crippen LogP contribution is 2.20. The number of nitrogen functional groups attached to an aromatic ring is 1. The van der Waals surface area contributed by atoms with Crippen LogP contribution in [0.2, 0.25) is 0 Å². The molecule has 8 heteroatoms. The zero-order valence-corrected chi connectivity index (χ0v) is 9.21. The average molecular weight is 239 g/mol. The molecule has 0 saturated heterocycles. The highest BCUT2D eigenvalue weighted by molar-refractivity contribution is 5.70. The van der Waals surface area contributed by atoms with Crippen LogP contribution in [0.4, 0.5) is 5.95 Å². The number of hydrogen-bond donors (Lipinski definition) is 4. The first-order valence-corrected chi connectivity index (χ1v) is 5.08. The second-order valence-electron chi connectivity index (χ2n) is 3.73. The van der Waals surface area contributed by atoms with Crippen LogP contribution in [-0.4, -0.2) is 36.3 Å². The Bertz CT molecular complexity index is 598. The van der Waals surface area contributed by atoms with E-state index >= 15 is 0 Å². The minimum absolute atomic E-state index is 0.0688. The zero-order chi connectivity index (χ0) is 12.6. The standard InChI is InChI=1S/C9H13N5O3/c1-2-9(17,3-15)14-4-11-5-6(14)12-8(10)13-7(5)16/h4,15,17H,2-3H2,1H3,(H3,10,12,13,16). The summed E-state index contributed by atoms with van der Waals surface area (Å²) >= 11 is 0. The number of H-pyrrole nitrogens is 1. The van der Waals surface area contributed by atoms with E-state index in [0.717, 1.165) is 0 Å². The number of aromatic amines is 1. The van der Waals surface area contributed by atoms with Gasteiger partial charge in [-0.3, -0.25) is 14.3 Å². The van der Waals surface area contributed by atoms with E-state index in [9.17, 15) is 15.0 Å². The van der Waals surface area contributed by atoms with E-state index in [0.29, 0.717) is 0 Å². The summed E-state index contributed by atoms with van der Waals surface area (Å²) in [7, 11) is 0. The quantitative estimate of drug-likeness (QED) is 0.529. The second kappa shape index (κ2) is 3.82. The summed E-state index contributed by atoms with van der Waals surface area (Å²) in [6, 6.07) is 0. The summed E-state index contributed by atoms with van der Waals surface area (Å²) in [5.74, 6) is -0.0688. The number of aliphatic hydroxyl groups excluding tert-OH is 1. The summed E-state index contributed by atoms with van der Waals surface area (Å²) in [5, 5.41) is 19.4. The lowest BCUT2D eigenvalue weighted by Crippen LogP contribution is -2.36. The van der Waals surface area contributed by atoms with Gasteiger partial charge < -0.3 is 15.9 Å². The van der Waals surface area contributed by atoms with Crippen LogP contribution in [0.1, 0.15) is 13.3 Å². The fraction of sp³-hybridized carbons (Fsp3) is 0.444. The van der Waals surface area contributed by atoms with Crippen molar-refractivity contribution in [1.29, 1.82) is 0 Å². The molecule has 0 aliphatic carbocycles. The van der Waals surface area contributed by atoms with E-state index in [2.05, 4.69) is 15.0 Å². The lowest BCUT2D eigenvalue weighted by Gasteiger charge is -2.25. The molecular formula is C9H13N5O3. The Morgan fingerprint density at radius 3 is 2.94 bits per heavy atom. The molecule has 2 aromatic rings. The number of anilines is 1. The lowest BCUT2D eigenvalue weighted by atomic mass is 10.2. The third kappa shape index (κ3) is 1.67. The van der Waals surface area contributed by atoms with Gasteiger partial charge in [0.1, 0.15) is 0 Å². The maximum atomic E-state index is 11.5. The van der Waals surface area contributed by atoms with E-state index < -0.39 is 17.9 Å². The number of nitrogens with one attached hydrogen (secondary N) is 1. The van der Waals surface area contributed by atoms with Crippen LogP contribution in [0.15, 0.2) is 11.1 Å². The summed E-state index contributed by atoms with van der Waals surface area (Å²) < 4.78 is 1.24. The molecule has 2 rings (SSSR count). The Kier molecular flexibility index (Phi) is 2.60. The molecule has 5 N–H and O–H groups in total. The smallest absolute Gasteiger partial charge is 0.280 e. The topological polar surface area (TPSA) is 130 Å². The van der Waals surface area contributed by atoms with Crippen LogP contribution in [0.5, 0.6) is 0 Å². The van der Waals surface area contributed by atoms with Gasteiger partial charge in [0.15, 0.2) is 16.9 Å². The number of fused-ring (bicyclic) bond motifs is 1. The van der Waals surface area contributed by atoms with Crippen molar-refractivity contribution < 1.29 is 10.2 Å². The van der Waals surface area contributed by atoms with E-state index in [4.69, 9.17) is 5.73 Å². The monoisotopic (exact) mass is 239 g/mol. The fourth-order valence-electron chi connectivity index (χ4n) is 1.59. The second-order valence-corrected chi connectivity index (χ2v) is 3.73. The van der Waals surface area contributed by atoms with Crippen molar-refractivity contribution in [3.8, 4) is 0 Å². The van der Waals surface area contributed by atoms with Crippen molar-refractivity contribution in [1.82, 2.24) is 19.5 Å². The number of imidazole rings is 1. The van der Waals surface area contributed by atoms with Crippen molar-refractivity contribution in [2.45, 2.75) is 19.1 Å². The van der Waals surface area contributed by atoms with Crippen molar-refractivity contribution in [2.24, 2.45) is 0 Å². The Morgan fingerprint density at radius 2 is 2.35 bits per heavy atom. The zero-order valence-electron chi connectivity index (χ0n) is 9.21. The normalized spacial score (nSPS) is 15.0. The molecule has 0 amide bonds. The van der Waals surface area contributed by atoms with Gasteiger partial charge in [-0.2, -0.15) is 4.98 Å². The van der Waals surface area contributed by atoms with Gasteiger partial charge in [0.05, 0.1) is 12.9 Å². The van der Waals surface area contributed by atoms with Crippen molar-refractivity contribution in [3.05, 3.63) is 16.7 Å². The molecule has 0 aliphatic rings. The average Bonchev–Trinajstić information content (AvgIpc) is 2.72. The number of hydrogen-bond acceptors (Lipinski definition) is 6. The van der Waals surface area contributed by atoms with Crippen LogP contribution in [0.25, 0.3) is 11.2 Å². The Balaban J connectivity index is 2.76. The third-order valence-electron chi connectivity index (χ3n) is 2.69. The molecule has 92 valence electrons. The molecule has 0 aliphatic heterocycles. The predicted octanol–water partition coefficient (Wildman–Crippen LogP) is -1.25. The first-order chi connectivity index (χ1) is 8.01. The molecule has 0 radical (unpaired) electrons. The number of nitrogens with zero attached hydrogens (tertiary/aromatic N) is 3. The van der Waals surface area contributed by atoms with E-state index in [1.54, 1.807) is 6.92 Å². The van der Waals surface area contributed by atoms with Gasteiger partial charge in [-0.15, -0.1) is 0 Å². The largest absolute Gasteiger partial charge is 0.391 e. The Hall–Kier alpha value is -1.93. The Labute approximate surface area is 95.7 Å². The molecule has 2 heterocycles. The molecule has 0 aromatic carbocycles. The maximum absolute atomic E-state index is 11.5. The van der Waals surface area contributed by atoms with Gasteiger partial charge in [0, 0.05) is 0 Å². The van der Waals surface area contributed by atoms with Crippen LogP contribution in [0.3, 0.4) is 0 Å². The van der Waals surface area contributed by atoms with Crippen LogP contribution in [0, 0.1) is 0 Å². The summed E-state index contributed by atoms with van der Waals surface area (Å²) in [4.78, 5) is 21.6. The fourth-order valence-corrected chi connectivity index (χ4v) is 1.59. The van der Waals surface area contributed by atoms with Crippen molar-refractivity contribution in [2.75, 3.05) is 12.3 Å². The summed E-state index contributed by atoms with van der Waals surface area (Å²) in [6.07, 6.45) is 1.50. The van der Waals surface area contributed by atoms with Gasteiger partial charge in [0.2, 0.25) is 5.95 Å². The molecule has 1 atom stereocenters. The maximum Gasteiger partial charge on any atom is 0.280 e. The number of nitrogens with two attached hydrogens (primary N) is 1. The number of aromatic nitrogens is 4. The first-order valence-electron chi connectivity index (χ1n) is 5.08. The van der Waals surface area contributed by atoms with Gasteiger partial charge in [-0.25, -0.2) is 4.98 Å². The molecule has 0 bridgehead atoms. The molecule has 8 nitrogen and oxygen atoms in total. The molecular weight excluding hydrogens is 226 g/mol. The molecule has 2 aromatic heterocycles. The summed E-state index contributed by atoms with van der Waals surface area (Å²) in [6.45, 7) is 1.18. The highest BCUT2D eigenvalue weighted by atomic mass is 16.3. The Morgan fingerprint density at radius 1 is 1.65 bits per heavy atom. The van der Waals surface area contributed by atoms with Crippen molar-refractivity contribution >= 4 is 17.1 Å². The first kappa shape index (κ1) is 11.6. The van der Waals surface area contributed by atoms with E-state index in [1.165, 1.54) is 10.9 Å². The third-order valence-corrected chi connectivity index (χ3v) is 2.69. The molecule has 0 fully saturated rings. The summed E-state index contributed by atoms with van der Waals surface area (Å²) in [5.41, 5.74) is 3.62. The number of aliphatic hydroxyl groups is 2. The van der Waals surface area contributed by atoms with Gasteiger partial charge >= 0.3 is 0 Å². The van der Waals surface area contributed by atoms with Crippen LogP contribution < -0.4 is 11.3 Å². The van der Waals surface area contributed by atoms with Gasteiger partial charge in [-0.05, 0) is 6.42 Å². The minimum atomic E-state index is -1.54. The molecule has 0 saturated carbocycles. The van der Waals surface area contributed by atoms with Crippen LogP contribution >= 0.6 is 0 Å². The van der Waals surface area contributed by atoms with E-state index in [1.807, 2.05) is 0 Å². The predicted molar refractivity (Wildman–Crippen MR) is 60.1 cm³/mol. The van der Waals surface area contributed by atoms with Gasteiger partial charge in [-0.1, -0.05) is 6.92 Å². The van der Waals surface area contributed by atoms with E-state index in [-0.39, 0.29) is 23.5 Å². The molecule has 0 spiro atoms.